The van der Waals surface area contributed by atoms with Gasteiger partial charge in [0.2, 0.25) is 0 Å². The SMILES string of the molecule is Cc1cc(C)c(CNC(=O)c2cc3cc(Cl)cn3c(C(C)c3cc(O)c4c5c3C[C@@H]3[C@@H]6C=C[C@H](O)[C@H](O4)[C@]56CCN3C)c2C)c(=O)[nH]1. The number of hydrogen-bond acceptors (Lipinski definition) is 6. The Balaban J connectivity index is 1.25. The lowest BCUT2D eigenvalue weighted by Gasteiger charge is -2.56. The lowest BCUT2D eigenvalue weighted by molar-refractivity contribution is -0.0454. The number of aliphatic hydroxyl groups excluding tert-OH is 1. The fourth-order valence-corrected chi connectivity index (χ4v) is 9.57. The highest BCUT2D eigenvalue weighted by molar-refractivity contribution is 6.31. The molecule has 8 rings (SSSR count). The zero-order valence-electron chi connectivity index (χ0n) is 27.1. The van der Waals surface area contributed by atoms with E-state index in [4.69, 9.17) is 16.3 Å². The fraction of sp³-hybridized carbons (Fsp3) is 0.405. The van der Waals surface area contributed by atoms with Crippen LogP contribution in [0.1, 0.15) is 74.4 Å². The molecule has 0 radical (unpaired) electrons. The number of nitrogens with zero attached hydrogens (tertiary/aromatic N) is 2. The van der Waals surface area contributed by atoms with Gasteiger partial charge in [0, 0.05) is 69.6 Å². The number of halogens is 1. The number of nitrogens with one attached hydrogen (secondary N) is 2. The van der Waals surface area contributed by atoms with E-state index < -0.39 is 17.6 Å². The number of likely N-dealkylation sites (N-methyl/N-ethyl adjacent to an activating group) is 1. The second-order valence-electron chi connectivity index (χ2n) is 14.0. The smallest absolute Gasteiger partial charge is 0.253 e. The second-order valence-corrected chi connectivity index (χ2v) is 14.5. The standard InChI is InChI=1S/C37H39ClN4O5/c1-17-10-18(2)40-36(46)26(17)15-39-35(45)24-12-22-11-21(38)16-42(22)32(20(24)4)19(3)23-14-30(44)33-31-25(23)13-28-27-6-7-29(43)34(47-33)37(27,31)8-9-41(28)5/h6-7,10-12,14,16,19,27-29,34,43-44H,8-9,13,15H2,1-5H3,(H,39,45)(H,40,46)/t19?,27-,28+,29-,34-,37-/m0/s1. The molecule has 6 atom stereocenters. The van der Waals surface area contributed by atoms with Crippen LogP contribution in [0.15, 0.2) is 47.4 Å². The van der Waals surface area contributed by atoms with Crippen molar-refractivity contribution in [3.63, 3.8) is 0 Å². The molecule has 10 heteroatoms. The highest BCUT2D eigenvalue weighted by Gasteiger charge is 2.64. The largest absolute Gasteiger partial charge is 0.504 e. The Morgan fingerprint density at radius 1 is 1.21 bits per heavy atom. The normalized spacial score (nSPS) is 26.3. The lowest BCUT2D eigenvalue weighted by atomic mass is 9.52. The minimum atomic E-state index is -0.757. The molecular weight excluding hydrogens is 616 g/mol. The molecule has 47 heavy (non-hydrogen) atoms. The summed E-state index contributed by atoms with van der Waals surface area (Å²) in [5, 5.41) is 26.2. The first-order valence-corrected chi connectivity index (χ1v) is 16.7. The van der Waals surface area contributed by atoms with E-state index in [9.17, 15) is 19.8 Å². The minimum Gasteiger partial charge on any atom is -0.504 e. The number of ether oxygens (including phenoxy) is 1. The number of rotatable bonds is 5. The van der Waals surface area contributed by atoms with Crippen LogP contribution in [-0.4, -0.2) is 62.2 Å². The molecule has 2 bridgehead atoms. The van der Waals surface area contributed by atoms with Crippen molar-refractivity contribution in [1.82, 2.24) is 19.6 Å². The number of likely N-dealkylation sites (tertiary alicyclic amines) is 1. The number of pyridine rings is 2. The molecule has 2 aliphatic carbocycles. The van der Waals surface area contributed by atoms with Crippen LogP contribution in [0.5, 0.6) is 11.5 Å². The maximum atomic E-state index is 13.8. The highest BCUT2D eigenvalue weighted by atomic mass is 35.5. The molecule has 9 nitrogen and oxygen atoms in total. The van der Waals surface area contributed by atoms with Crippen molar-refractivity contribution in [2.24, 2.45) is 5.92 Å². The lowest BCUT2D eigenvalue weighted by Crippen LogP contribution is -2.64. The number of H-pyrrole nitrogens is 1. The van der Waals surface area contributed by atoms with Gasteiger partial charge >= 0.3 is 0 Å². The predicted molar refractivity (Wildman–Crippen MR) is 180 cm³/mol. The van der Waals surface area contributed by atoms with Gasteiger partial charge in [-0.3, -0.25) is 9.59 Å². The monoisotopic (exact) mass is 654 g/mol. The molecule has 5 heterocycles. The number of benzene rings is 1. The van der Waals surface area contributed by atoms with Crippen LogP contribution >= 0.6 is 11.6 Å². The van der Waals surface area contributed by atoms with E-state index in [0.717, 1.165) is 64.1 Å². The molecule has 4 aliphatic rings. The van der Waals surface area contributed by atoms with Crippen LogP contribution < -0.4 is 15.6 Å². The number of hydrogen-bond donors (Lipinski definition) is 4. The summed E-state index contributed by atoms with van der Waals surface area (Å²) in [5.74, 6) is 0.206. The van der Waals surface area contributed by atoms with Gasteiger partial charge in [-0.05, 0) is 93.7 Å². The maximum absolute atomic E-state index is 13.8. The Labute approximate surface area is 277 Å². The molecule has 1 unspecified atom stereocenters. The van der Waals surface area contributed by atoms with Crippen molar-refractivity contribution in [3.8, 4) is 11.5 Å². The van der Waals surface area contributed by atoms with Crippen LogP contribution in [0.4, 0.5) is 0 Å². The van der Waals surface area contributed by atoms with Crippen LogP contribution in [0.2, 0.25) is 5.02 Å². The quantitative estimate of drug-likeness (QED) is 0.230. The van der Waals surface area contributed by atoms with E-state index in [0.29, 0.717) is 21.9 Å². The molecule has 4 aromatic rings. The number of aromatic nitrogens is 2. The second kappa shape index (κ2) is 10.5. The number of carbonyl (C=O) groups excluding carboxylic acids is 1. The van der Waals surface area contributed by atoms with Crippen molar-refractivity contribution < 1.29 is 19.7 Å². The Morgan fingerprint density at radius 2 is 2.00 bits per heavy atom. The number of piperidine rings is 1. The van der Waals surface area contributed by atoms with Gasteiger partial charge in [0.05, 0.1) is 5.02 Å². The third-order valence-corrected chi connectivity index (χ3v) is 11.7. The van der Waals surface area contributed by atoms with Crippen molar-refractivity contribution in [2.45, 2.75) is 76.7 Å². The Kier molecular flexibility index (Phi) is 6.75. The van der Waals surface area contributed by atoms with E-state index >= 15 is 0 Å². The molecule has 2 aliphatic heterocycles. The third-order valence-electron chi connectivity index (χ3n) is 11.5. The topological polar surface area (TPSA) is 119 Å². The summed E-state index contributed by atoms with van der Waals surface area (Å²) < 4.78 is 8.50. The molecule has 1 saturated heterocycles. The summed E-state index contributed by atoms with van der Waals surface area (Å²) in [6.07, 6.45) is 6.29. The van der Waals surface area contributed by atoms with E-state index in [1.807, 2.05) is 61.7 Å². The van der Waals surface area contributed by atoms with Crippen molar-refractivity contribution >= 4 is 23.0 Å². The van der Waals surface area contributed by atoms with Gasteiger partial charge in [-0.25, -0.2) is 0 Å². The Hall–Kier alpha value is -4.05. The Morgan fingerprint density at radius 3 is 2.77 bits per heavy atom. The average molecular weight is 655 g/mol. The fourth-order valence-electron chi connectivity index (χ4n) is 9.36. The van der Waals surface area contributed by atoms with Gasteiger partial charge in [-0.1, -0.05) is 30.7 Å². The summed E-state index contributed by atoms with van der Waals surface area (Å²) >= 11 is 6.56. The first kappa shape index (κ1) is 30.3. The highest BCUT2D eigenvalue weighted by Crippen LogP contribution is 2.63. The number of aromatic amines is 1. The van der Waals surface area contributed by atoms with Crippen molar-refractivity contribution in [1.29, 1.82) is 0 Å². The van der Waals surface area contributed by atoms with Gasteiger partial charge in [-0.15, -0.1) is 0 Å². The van der Waals surface area contributed by atoms with Crippen LogP contribution in [0.3, 0.4) is 0 Å². The van der Waals surface area contributed by atoms with Crippen molar-refractivity contribution in [3.05, 3.63) is 108 Å². The third kappa shape index (κ3) is 4.22. The van der Waals surface area contributed by atoms with Crippen LogP contribution in [0.25, 0.3) is 5.52 Å². The number of phenolic OH excluding ortho intramolecular Hbond substituents is 1. The van der Waals surface area contributed by atoms with Crippen molar-refractivity contribution in [2.75, 3.05) is 13.6 Å². The van der Waals surface area contributed by atoms with E-state index in [-0.39, 0.29) is 41.6 Å². The molecule has 1 fully saturated rings. The minimum absolute atomic E-state index is 0.0738. The molecular formula is C37H39ClN4O5. The number of fused-ring (bicyclic) bond motifs is 1. The molecule has 244 valence electrons. The maximum Gasteiger partial charge on any atom is 0.253 e. The molecule has 0 saturated carbocycles. The summed E-state index contributed by atoms with van der Waals surface area (Å²) in [5.41, 5.74) is 7.58. The van der Waals surface area contributed by atoms with Gasteiger partial charge in [-0.2, -0.15) is 0 Å². The molecule has 1 spiro atoms. The zero-order chi connectivity index (χ0) is 33.1. The van der Waals surface area contributed by atoms with Crippen LogP contribution in [-0.2, 0) is 18.4 Å². The summed E-state index contributed by atoms with van der Waals surface area (Å²) in [7, 11) is 2.17. The number of aryl methyl sites for hydroxylation is 2. The first-order valence-electron chi connectivity index (χ1n) is 16.3. The summed E-state index contributed by atoms with van der Waals surface area (Å²) in [6.45, 7) is 8.73. The molecule has 3 aromatic heterocycles. The number of phenols is 1. The van der Waals surface area contributed by atoms with E-state index in [1.165, 1.54) is 0 Å². The predicted octanol–water partition coefficient (Wildman–Crippen LogP) is 4.80. The number of carbonyl (C=O) groups is 1. The van der Waals surface area contributed by atoms with Gasteiger partial charge in [0.1, 0.15) is 12.2 Å². The van der Waals surface area contributed by atoms with Gasteiger partial charge in [0.15, 0.2) is 11.5 Å². The average Bonchev–Trinajstić information content (AvgIpc) is 3.57. The first-order chi connectivity index (χ1) is 22.4. The number of amides is 1. The molecule has 1 aromatic carbocycles. The summed E-state index contributed by atoms with van der Waals surface area (Å²) in [4.78, 5) is 31.7. The van der Waals surface area contributed by atoms with E-state index in [2.05, 4.69) is 35.2 Å². The van der Waals surface area contributed by atoms with Crippen LogP contribution in [0, 0.1) is 26.7 Å². The summed E-state index contributed by atoms with van der Waals surface area (Å²) in [6, 6.07) is 7.61. The molecule has 1 amide bonds. The number of aliphatic hydroxyl groups is 1. The Bertz CT molecular complexity index is 2100. The van der Waals surface area contributed by atoms with Gasteiger partial charge < -0.3 is 34.6 Å². The van der Waals surface area contributed by atoms with E-state index in [1.54, 1.807) is 0 Å². The number of aromatic hydroxyl groups is 1. The zero-order valence-corrected chi connectivity index (χ0v) is 27.9. The molecule has 4 N–H and O–H groups in total. The van der Waals surface area contributed by atoms with Gasteiger partial charge in [0.25, 0.3) is 11.5 Å².